The summed E-state index contributed by atoms with van der Waals surface area (Å²) >= 11 is 6.12. The van der Waals surface area contributed by atoms with E-state index in [0.29, 0.717) is 44.4 Å². The van der Waals surface area contributed by atoms with E-state index in [-0.39, 0.29) is 11.7 Å². The number of benzene rings is 3. The Morgan fingerprint density at radius 3 is 2.49 bits per heavy atom. The summed E-state index contributed by atoms with van der Waals surface area (Å²) < 4.78 is 39.0. The van der Waals surface area contributed by atoms with Gasteiger partial charge in [-0.2, -0.15) is 0 Å². The Bertz CT molecular complexity index is 1170. The van der Waals surface area contributed by atoms with E-state index in [9.17, 15) is 13.6 Å². The Labute approximate surface area is 208 Å². The summed E-state index contributed by atoms with van der Waals surface area (Å²) in [6.45, 7) is 3.10. The van der Waals surface area contributed by atoms with Crippen LogP contribution in [0.25, 0.3) is 0 Å². The minimum atomic E-state index is -0.843. The summed E-state index contributed by atoms with van der Waals surface area (Å²) in [5.74, 6) is -1.23. The minimum absolute atomic E-state index is 0.112. The first kappa shape index (κ1) is 25.1. The standard InChI is InChI=1S/C27H27ClF2N2O3/c1-34-23-7-3-5-20(15-23)26(35-18-19-4-2-6-21(28)14-19)17-31-10-12-32(13-11-31)27(33)24-9-8-22(29)16-25(24)30/h2-9,14-16,26H,10-13,17-18H2,1H3/t26-/m0/s1. The number of ether oxygens (including phenoxy) is 2. The van der Waals surface area contributed by atoms with Crippen molar-refractivity contribution in [3.63, 3.8) is 0 Å². The van der Waals surface area contributed by atoms with Gasteiger partial charge in [-0.1, -0.05) is 35.9 Å². The van der Waals surface area contributed by atoms with Gasteiger partial charge in [0.15, 0.2) is 0 Å². The Balaban J connectivity index is 1.41. The molecule has 1 heterocycles. The fourth-order valence-corrected chi connectivity index (χ4v) is 4.33. The van der Waals surface area contributed by atoms with Gasteiger partial charge >= 0.3 is 0 Å². The van der Waals surface area contributed by atoms with Crippen molar-refractivity contribution in [2.75, 3.05) is 39.8 Å². The van der Waals surface area contributed by atoms with Crippen molar-refractivity contribution in [3.8, 4) is 5.75 Å². The average Bonchev–Trinajstić information content (AvgIpc) is 2.86. The van der Waals surface area contributed by atoms with Crippen molar-refractivity contribution in [2.24, 2.45) is 0 Å². The van der Waals surface area contributed by atoms with E-state index in [4.69, 9.17) is 21.1 Å². The van der Waals surface area contributed by atoms with E-state index >= 15 is 0 Å². The molecule has 0 spiro atoms. The van der Waals surface area contributed by atoms with Gasteiger partial charge in [-0.25, -0.2) is 8.78 Å². The number of methoxy groups -OCH3 is 1. The van der Waals surface area contributed by atoms with E-state index in [0.717, 1.165) is 29.0 Å². The fraction of sp³-hybridized carbons (Fsp3) is 0.296. The molecule has 0 saturated carbocycles. The summed E-state index contributed by atoms with van der Waals surface area (Å²) in [4.78, 5) is 16.5. The van der Waals surface area contributed by atoms with Crippen LogP contribution in [0.4, 0.5) is 8.78 Å². The molecule has 5 nitrogen and oxygen atoms in total. The van der Waals surface area contributed by atoms with Gasteiger partial charge in [0, 0.05) is 43.8 Å². The van der Waals surface area contributed by atoms with Crippen LogP contribution in [-0.4, -0.2) is 55.5 Å². The molecular weight excluding hydrogens is 474 g/mol. The highest BCUT2D eigenvalue weighted by molar-refractivity contribution is 6.30. The van der Waals surface area contributed by atoms with Crippen LogP contribution in [0.15, 0.2) is 66.7 Å². The molecule has 1 saturated heterocycles. The molecule has 0 bridgehead atoms. The van der Waals surface area contributed by atoms with Crippen molar-refractivity contribution >= 4 is 17.5 Å². The normalized spacial score (nSPS) is 15.1. The fourth-order valence-electron chi connectivity index (χ4n) is 4.12. The third-order valence-corrected chi connectivity index (χ3v) is 6.29. The molecule has 8 heteroatoms. The summed E-state index contributed by atoms with van der Waals surface area (Å²) in [7, 11) is 1.63. The number of rotatable bonds is 8. The molecule has 3 aromatic rings. The molecule has 1 atom stereocenters. The first-order valence-corrected chi connectivity index (χ1v) is 11.8. The van der Waals surface area contributed by atoms with E-state index in [1.165, 1.54) is 6.07 Å². The Kier molecular flexibility index (Phi) is 8.33. The lowest BCUT2D eigenvalue weighted by atomic mass is 10.1. The average molecular weight is 501 g/mol. The molecule has 0 N–H and O–H groups in total. The van der Waals surface area contributed by atoms with Crippen molar-refractivity contribution in [2.45, 2.75) is 12.7 Å². The third kappa shape index (κ3) is 6.57. The molecule has 0 aromatic heterocycles. The number of piperazine rings is 1. The Morgan fingerprint density at radius 1 is 1.00 bits per heavy atom. The predicted octanol–water partition coefficient (Wildman–Crippen LogP) is 5.34. The molecule has 0 radical (unpaired) electrons. The van der Waals surface area contributed by atoms with Crippen LogP contribution in [0.1, 0.15) is 27.6 Å². The molecular formula is C27H27ClF2N2O3. The second-order valence-electron chi connectivity index (χ2n) is 8.42. The van der Waals surface area contributed by atoms with Crippen LogP contribution in [0.5, 0.6) is 5.75 Å². The van der Waals surface area contributed by atoms with E-state index < -0.39 is 17.5 Å². The largest absolute Gasteiger partial charge is 0.497 e. The lowest BCUT2D eigenvalue weighted by Crippen LogP contribution is -2.49. The maximum Gasteiger partial charge on any atom is 0.256 e. The quantitative estimate of drug-likeness (QED) is 0.418. The maximum atomic E-state index is 14.1. The second-order valence-corrected chi connectivity index (χ2v) is 8.86. The van der Waals surface area contributed by atoms with Gasteiger partial charge in [0.25, 0.3) is 5.91 Å². The summed E-state index contributed by atoms with van der Waals surface area (Å²) in [5, 5.41) is 0.655. The number of carbonyl (C=O) groups is 1. The minimum Gasteiger partial charge on any atom is -0.497 e. The van der Waals surface area contributed by atoms with Crippen LogP contribution in [0, 0.1) is 11.6 Å². The molecule has 3 aromatic carbocycles. The zero-order valence-corrected chi connectivity index (χ0v) is 20.2. The van der Waals surface area contributed by atoms with Crippen molar-refractivity contribution in [1.29, 1.82) is 0 Å². The number of carbonyl (C=O) groups excluding carboxylic acids is 1. The number of amides is 1. The van der Waals surface area contributed by atoms with Gasteiger partial charge in [0.2, 0.25) is 0 Å². The third-order valence-electron chi connectivity index (χ3n) is 6.05. The Hall–Kier alpha value is -3.00. The van der Waals surface area contributed by atoms with Crippen molar-refractivity contribution in [3.05, 3.63) is 100 Å². The molecule has 1 aliphatic rings. The summed E-state index contributed by atoms with van der Waals surface area (Å²) in [5.41, 5.74) is 1.85. The zero-order valence-electron chi connectivity index (χ0n) is 19.4. The monoisotopic (exact) mass is 500 g/mol. The van der Waals surface area contributed by atoms with Crippen molar-refractivity contribution in [1.82, 2.24) is 9.80 Å². The zero-order chi connectivity index (χ0) is 24.8. The Morgan fingerprint density at radius 2 is 1.77 bits per heavy atom. The van der Waals surface area contributed by atoms with Gasteiger partial charge < -0.3 is 14.4 Å². The van der Waals surface area contributed by atoms with Gasteiger partial charge in [-0.3, -0.25) is 9.69 Å². The van der Waals surface area contributed by atoms with Crippen LogP contribution in [-0.2, 0) is 11.3 Å². The number of hydrogen-bond donors (Lipinski definition) is 0. The highest BCUT2D eigenvalue weighted by atomic mass is 35.5. The summed E-state index contributed by atoms with van der Waals surface area (Å²) in [6, 6.07) is 18.4. The van der Waals surface area contributed by atoms with E-state index in [1.807, 2.05) is 48.5 Å². The lowest BCUT2D eigenvalue weighted by molar-refractivity contribution is 0.00329. The number of hydrogen-bond acceptors (Lipinski definition) is 4. The van der Waals surface area contributed by atoms with Crippen molar-refractivity contribution < 1.29 is 23.0 Å². The number of nitrogens with zero attached hydrogens (tertiary/aromatic N) is 2. The van der Waals surface area contributed by atoms with Crippen LogP contribution < -0.4 is 4.74 Å². The molecule has 1 aliphatic heterocycles. The highest BCUT2D eigenvalue weighted by Crippen LogP contribution is 2.26. The molecule has 35 heavy (non-hydrogen) atoms. The summed E-state index contributed by atoms with van der Waals surface area (Å²) in [6.07, 6.45) is -0.235. The van der Waals surface area contributed by atoms with E-state index in [2.05, 4.69) is 4.90 Å². The molecule has 4 rings (SSSR count). The van der Waals surface area contributed by atoms with Gasteiger partial charge in [-0.15, -0.1) is 0 Å². The first-order chi connectivity index (χ1) is 16.9. The van der Waals surface area contributed by atoms with E-state index in [1.54, 1.807) is 12.0 Å². The molecule has 1 fully saturated rings. The maximum absolute atomic E-state index is 14.1. The molecule has 0 aliphatic carbocycles. The van der Waals surface area contributed by atoms with Gasteiger partial charge in [-0.05, 0) is 47.5 Å². The second kappa shape index (κ2) is 11.6. The van der Waals surface area contributed by atoms with Gasteiger partial charge in [0.05, 0.1) is 25.4 Å². The van der Waals surface area contributed by atoms with Crippen LogP contribution >= 0.6 is 11.6 Å². The van der Waals surface area contributed by atoms with Crippen LogP contribution in [0.2, 0.25) is 5.02 Å². The molecule has 184 valence electrons. The van der Waals surface area contributed by atoms with Crippen LogP contribution in [0.3, 0.4) is 0 Å². The first-order valence-electron chi connectivity index (χ1n) is 11.4. The predicted molar refractivity (Wildman–Crippen MR) is 131 cm³/mol. The molecule has 0 unspecified atom stereocenters. The van der Waals surface area contributed by atoms with Gasteiger partial charge in [0.1, 0.15) is 17.4 Å². The SMILES string of the molecule is COc1cccc([C@H](CN2CCN(C(=O)c3ccc(F)cc3F)CC2)OCc2cccc(Cl)c2)c1. The lowest BCUT2D eigenvalue weighted by Gasteiger charge is -2.36. The highest BCUT2D eigenvalue weighted by Gasteiger charge is 2.26. The topological polar surface area (TPSA) is 42.0 Å². The molecule has 1 amide bonds. The number of halogens is 3. The smallest absolute Gasteiger partial charge is 0.256 e.